The summed E-state index contributed by atoms with van der Waals surface area (Å²) in [6, 6.07) is 28.4. The summed E-state index contributed by atoms with van der Waals surface area (Å²) >= 11 is 0. The Morgan fingerprint density at radius 1 is 0.645 bits per heavy atom. The second-order valence-electron chi connectivity index (χ2n) is 8.54. The maximum absolute atomic E-state index is 6.59. The summed E-state index contributed by atoms with van der Waals surface area (Å²) < 4.78 is 8.83. The molecule has 0 bridgehead atoms. The van der Waals surface area contributed by atoms with E-state index in [-0.39, 0.29) is 0 Å². The molecule has 0 saturated carbocycles. The van der Waals surface area contributed by atoms with Gasteiger partial charge in [-0.1, -0.05) is 48.5 Å². The number of furan rings is 1. The average molecular weight is 398 g/mol. The van der Waals surface area contributed by atoms with Crippen LogP contribution in [0.5, 0.6) is 0 Å². The molecule has 2 aromatic heterocycles. The smallest absolute Gasteiger partial charge is 0.221 e. The molecule has 0 aliphatic rings. The molecule has 0 fully saturated rings. The fraction of sp³-hybridized carbons (Fsp3) is 0.0690. The van der Waals surface area contributed by atoms with Crippen LogP contribution in [0.25, 0.3) is 65.2 Å². The number of benzene rings is 5. The van der Waals surface area contributed by atoms with E-state index >= 15 is 0 Å². The van der Waals surface area contributed by atoms with E-state index < -0.39 is 0 Å². The van der Waals surface area contributed by atoms with Gasteiger partial charge in [0, 0.05) is 22.2 Å². The third-order valence-corrected chi connectivity index (χ3v) is 6.76. The molecule has 0 aliphatic heterocycles. The monoisotopic (exact) mass is 398 g/mol. The second-order valence-corrected chi connectivity index (χ2v) is 8.54. The lowest BCUT2D eigenvalue weighted by Crippen LogP contribution is -2.28. The zero-order chi connectivity index (χ0) is 20.7. The maximum atomic E-state index is 6.59. The van der Waals surface area contributed by atoms with Gasteiger partial charge in [-0.3, -0.25) is 0 Å². The van der Waals surface area contributed by atoms with Crippen LogP contribution in [0.2, 0.25) is 0 Å². The molecule has 0 amide bonds. The molecule has 0 radical (unpaired) electrons. The number of nitrogens with zero attached hydrogens (tertiary/aromatic N) is 1. The Bertz CT molecular complexity index is 1860. The van der Waals surface area contributed by atoms with Gasteiger partial charge in [0.25, 0.3) is 0 Å². The van der Waals surface area contributed by atoms with E-state index in [1.165, 1.54) is 59.6 Å². The van der Waals surface area contributed by atoms with Crippen LogP contribution in [0.1, 0.15) is 5.56 Å². The van der Waals surface area contributed by atoms with Gasteiger partial charge in [-0.25, -0.2) is 4.57 Å². The molecule has 7 aromatic rings. The van der Waals surface area contributed by atoms with E-state index in [1.54, 1.807) is 0 Å². The zero-order valence-electron chi connectivity index (χ0n) is 17.4. The molecule has 146 valence electrons. The fourth-order valence-corrected chi connectivity index (χ4v) is 5.35. The molecule has 7 rings (SSSR count). The SMILES string of the molecule is Cc1cccc2c3ccc4c5cc6ccccc6cc5oc4c3c3ccc[n+](C)c3c12. The molecule has 0 N–H and O–H groups in total. The molecule has 2 heterocycles. The first-order chi connectivity index (χ1) is 15.2. The van der Waals surface area contributed by atoms with Gasteiger partial charge in [0.15, 0.2) is 6.20 Å². The van der Waals surface area contributed by atoms with E-state index in [9.17, 15) is 0 Å². The summed E-state index contributed by atoms with van der Waals surface area (Å²) in [5.41, 5.74) is 4.46. The Labute approximate surface area is 178 Å². The van der Waals surface area contributed by atoms with Crippen LogP contribution in [-0.4, -0.2) is 0 Å². The van der Waals surface area contributed by atoms with Crippen LogP contribution in [0.3, 0.4) is 0 Å². The Hall–Kier alpha value is -3.91. The Morgan fingerprint density at radius 3 is 2.26 bits per heavy atom. The van der Waals surface area contributed by atoms with Crippen molar-refractivity contribution in [3.63, 3.8) is 0 Å². The number of rotatable bonds is 0. The standard InChI is InChI=1S/C29H20NO/c1-17-7-5-10-20-21-12-13-22-24-15-18-8-3-4-9-19(18)16-25(24)31-29(22)27(21)23-11-6-14-30(2)28(23)26(17)20/h3-16H,1-2H3/q+1. The molecule has 2 nitrogen and oxygen atoms in total. The van der Waals surface area contributed by atoms with E-state index in [0.717, 1.165) is 11.2 Å². The molecule has 0 saturated heterocycles. The zero-order valence-corrected chi connectivity index (χ0v) is 17.4. The van der Waals surface area contributed by atoms with E-state index in [4.69, 9.17) is 4.42 Å². The number of hydrogen-bond donors (Lipinski definition) is 0. The molecule has 0 atom stereocenters. The minimum absolute atomic E-state index is 0.944. The van der Waals surface area contributed by atoms with Crippen molar-refractivity contribution in [3.8, 4) is 0 Å². The average Bonchev–Trinajstić information content (AvgIpc) is 3.15. The largest absolute Gasteiger partial charge is 0.455 e. The lowest BCUT2D eigenvalue weighted by Gasteiger charge is -2.10. The minimum Gasteiger partial charge on any atom is -0.455 e. The normalized spacial score (nSPS) is 12.2. The minimum atomic E-state index is 0.944. The summed E-state index contributed by atoms with van der Waals surface area (Å²) in [5, 5.41) is 11.1. The quantitative estimate of drug-likeness (QED) is 0.193. The number of pyridine rings is 1. The van der Waals surface area contributed by atoms with Crippen molar-refractivity contribution in [2.75, 3.05) is 0 Å². The van der Waals surface area contributed by atoms with Crippen molar-refractivity contribution in [2.24, 2.45) is 7.05 Å². The van der Waals surface area contributed by atoms with Crippen LogP contribution < -0.4 is 4.57 Å². The summed E-state index contributed by atoms with van der Waals surface area (Å²) in [5.74, 6) is 0. The van der Waals surface area contributed by atoms with Crippen molar-refractivity contribution < 1.29 is 8.98 Å². The molecular weight excluding hydrogens is 378 g/mol. The van der Waals surface area contributed by atoms with Crippen molar-refractivity contribution in [2.45, 2.75) is 6.92 Å². The van der Waals surface area contributed by atoms with Gasteiger partial charge in [0.2, 0.25) is 5.52 Å². The van der Waals surface area contributed by atoms with Crippen LogP contribution >= 0.6 is 0 Å². The molecule has 0 aliphatic carbocycles. The first-order valence-corrected chi connectivity index (χ1v) is 10.7. The number of hydrogen-bond acceptors (Lipinski definition) is 1. The van der Waals surface area contributed by atoms with Crippen LogP contribution in [0.15, 0.2) is 89.5 Å². The first kappa shape index (κ1) is 16.8. The van der Waals surface area contributed by atoms with E-state index in [2.05, 4.69) is 104 Å². The van der Waals surface area contributed by atoms with Gasteiger partial charge in [0.05, 0.1) is 10.8 Å². The second kappa shape index (κ2) is 5.83. The highest BCUT2D eigenvalue weighted by atomic mass is 16.3. The molecule has 0 spiro atoms. The first-order valence-electron chi connectivity index (χ1n) is 10.7. The van der Waals surface area contributed by atoms with E-state index in [1.807, 2.05) is 0 Å². The lowest BCUT2D eigenvalue weighted by molar-refractivity contribution is -0.644. The highest BCUT2D eigenvalue weighted by Gasteiger charge is 2.20. The molecule has 2 heteroatoms. The van der Waals surface area contributed by atoms with Crippen molar-refractivity contribution in [3.05, 3.63) is 90.6 Å². The van der Waals surface area contributed by atoms with Crippen LogP contribution in [0.4, 0.5) is 0 Å². The Balaban J connectivity index is 1.80. The molecular formula is C29H20NO+. The number of aryl methyl sites for hydroxylation is 2. The van der Waals surface area contributed by atoms with Crippen LogP contribution in [0, 0.1) is 6.92 Å². The van der Waals surface area contributed by atoms with Gasteiger partial charge in [-0.2, -0.15) is 0 Å². The molecule has 0 unspecified atom stereocenters. The summed E-state index contributed by atoms with van der Waals surface area (Å²) in [7, 11) is 2.13. The van der Waals surface area contributed by atoms with Gasteiger partial charge in [0.1, 0.15) is 18.2 Å². The van der Waals surface area contributed by atoms with Gasteiger partial charge in [-0.05, 0) is 58.3 Å². The summed E-state index contributed by atoms with van der Waals surface area (Å²) in [6.07, 6.45) is 2.13. The Morgan fingerprint density at radius 2 is 1.39 bits per heavy atom. The highest BCUT2D eigenvalue weighted by molar-refractivity contribution is 6.31. The summed E-state index contributed by atoms with van der Waals surface area (Å²) in [6.45, 7) is 2.20. The van der Waals surface area contributed by atoms with Crippen LogP contribution in [-0.2, 0) is 7.05 Å². The Kier molecular flexibility index (Phi) is 3.17. The lowest BCUT2D eigenvalue weighted by atomic mass is 9.93. The summed E-state index contributed by atoms with van der Waals surface area (Å²) in [4.78, 5) is 0. The van der Waals surface area contributed by atoms with E-state index in [0.29, 0.717) is 0 Å². The van der Waals surface area contributed by atoms with Gasteiger partial charge >= 0.3 is 0 Å². The maximum Gasteiger partial charge on any atom is 0.221 e. The third kappa shape index (κ3) is 2.14. The van der Waals surface area contributed by atoms with Crippen molar-refractivity contribution in [1.82, 2.24) is 0 Å². The third-order valence-electron chi connectivity index (χ3n) is 6.76. The van der Waals surface area contributed by atoms with Gasteiger partial charge < -0.3 is 4.42 Å². The molecule has 31 heavy (non-hydrogen) atoms. The van der Waals surface area contributed by atoms with Gasteiger partial charge in [-0.15, -0.1) is 0 Å². The number of fused-ring (bicyclic) bond motifs is 11. The predicted molar refractivity (Wildman–Crippen MR) is 130 cm³/mol. The van der Waals surface area contributed by atoms with Crippen molar-refractivity contribution in [1.29, 1.82) is 0 Å². The molecule has 5 aromatic carbocycles. The number of aromatic nitrogens is 1. The highest BCUT2D eigenvalue weighted by Crippen LogP contribution is 2.42. The topological polar surface area (TPSA) is 17.0 Å². The fourth-order valence-electron chi connectivity index (χ4n) is 5.35. The predicted octanol–water partition coefficient (Wildman–Crippen LogP) is 7.33. The van der Waals surface area contributed by atoms with Crippen molar-refractivity contribution >= 4 is 65.2 Å².